The SMILES string of the molecule is C=CCNc1nc2ccc(C)cn2c(=O)c1/C=C1/SC(=S)N(CCCCCC)C1=O. The number of aromatic nitrogens is 2. The van der Waals surface area contributed by atoms with Crippen molar-refractivity contribution < 1.29 is 4.79 Å². The predicted molar refractivity (Wildman–Crippen MR) is 129 cm³/mol. The summed E-state index contributed by atoms with van der Waals surface area (Å²) in [6.07, 6.45) is 9.31. The summed E-state index contributed by atoms with van der Waals surface area (Å²) in [4.78, 5) is 32.8. The van der Waals surface area contributed by atoms with E-state index in [1.807, 2.05) is 13.0 Å². The molecule has 0 saturated carbocycles. The number of hydrogen-bond donors (Lipinski definition) is 1. The van der Waals surface area contributed by atoms with E-state index in [1.54, 1.807) is 29.3 Å². The van der Waals surface area contributed by atoms with Gasteiger partial charge in [0.2, 0.25) is 0 Å². The third-order valence-corrected chi connectivity index (χ3v) is 6.18. The molecule has 0 aromatic carbocycles. The molecule has 0 aliphatic carbocycles. The Kier molecular flexibility index (Phi) is 7.44. The molecule has 1 fully saturated rings. The number of carbonyl (C=O) groups is 1. The molecule has 0 spiro atoms. The van der Waals surface area contributed by atoms with Crippen LogP contribution in [0.25, 0.3) is 11.7 Å². The number of aryl methyl sites for hydroxylation is 1. The highest BCUT2D eigenvalue weighted by molar-refractivity contribution is 8.26. The van der Waals surface area contributed by atoms with Gasteiger partial charge in [0.05, 0.1) is 10.5 Å². The van der Waals surface area contributed by atoms with Gasteiger partial charge >= 0.3 is 0 Å². The number of nitrogens with zero attached hydrogens (tertiary/aromatic N) is 3. The van der Waals surface area contributed by atoms with Crippen LogP contribution in [0.1, 0.15) is 43.7 Å². The van der Waals surface area contributed by atoms with E-state index >= 15 is 0 Å². The number of anilines is 1. The number of nitrogens with one attached hydrogen (secondary N) is 1. The number of pyridine rings is 1. The number of amides is 1. The van der Waals surface area contributed by atoms with Gasteiger partial charge in [-0.3, -0.25) is 18.9 Å². The van der Waals surface area contributed by atoms with Crippen LogP contribution >= 0.6 is 24.0 Å². The van der Waals surface area contributed by atoms with E-state index in [9.17, 15) is 9.59 Å². The zero-order chi connectivity index (χ0) is 21.7. The molecule has 1 N–H and O–H groups in total. The van der Waals surface area contributed by atoms with Crippen LogP contribution in [0.5, 0.6) is 0 Å². The van der Waals surface area contributed by atoms with Crippen LogP contribution in [0.4, 0.5) is 5.82 Å². The molecule has 158 valence electrons. The average Bonchev–Trinajstić information content (AvgIpc) is 2.99. The molecule has 8 heteroatoms. The van der Waals surface area contributed by atoms with Crippen LogP contribution in [0.2, 0.25) is 0 Å². The fourth-order valence-corrected chi connectivity index (χ4v) is 4.50. The first-order valence-electron chi connectivity index (χ1n) is 10.1. The lowest BCUT2D eigenvalue weighted by molar-refractivity contribution is -0.122. The van der Waals surface area contributed by atoms with Gasteiger partial charge in [0.1, 0.15) is 15.8 Å². The van der Waals surface area contributed by atoms with Crippen LogP contribution < -0.4 is 10.9 Å². The van der Waals surface area contributed by atoms with Crippen molar-refractivity contribution in [3.63, 3.8) is 0 Å². The summed E-state index contributed by atoms with van der Waals surface area (Å²) in [7, 11) is 0. The van der Waals surface area contributed by atoms with Crippen molar-refractivity contribution in [3.8, 4) is 0 Å². The van der Waals surface area contributed by atoms with E-state index in [2.05, 4.69) is 23.8 Å². The minimum atomic E-state index is -0.233. The molecule has 1 amide bonds. The molecule has 0 atom stereocenters. The summed E-state index contributed by atoms with van der Waals surface area (Å²) in [6, 6.07) is 3.71. The Morgan fingerprint density at radius 1 is 1.27 bits per heavy atom. The number of fused-ring (bicyclic) bond motifs is 1. The Balaban J connectivity index is 1.98. The molecule has 3 heterocycles. The van der Waals surface area contributed by atoms with E-state index in [4.69, 9.17) is 12.2 Å². The highest BCUT2D eigenvalue weighted by Crippen LogP contribution is 2.33. The zero-order valence-corrected chi connectivity index (χ0v) is 18.9. The second-order valence-corrected chi connectivity index (χ2v) is 8.85. The number of unbranched alkanes of at least 4 members (excludes halogenated alkanes) is 3. The molecule has 2 aromatic heterocycles. The summed E-state index contributed by atoms with van der Waals surface area (Å²) in [5.74, 6) is 0.280. The third kappa shape index (κ3) is 4.82. The summed E-state index contributed by atoms with van der Waals surface area (Å²) in [5.41, 5.74) is 1.59. The topological polar surface area (TPSA) is 66.7 Å². The zero-order valence-electron chi connectivity index (χ0n) is 17.3. The summed E-state index contributed by atoms with van der Waals surface area (Å²) in [5, 5.41) is 3.12. The van der Waals surface area contributed by atoms with E-state index in [1.165, 1.54) is 16.2 Å². The van der Waals surface area contributed by atoms with Crippen LogP contribution in [0.15, 0.2) is 40.7 Å². The third-order valence-electron chi connectivity index (χ3n) is 4.80. The lowest BCUT2D eigenvalue weighted by atomic mass is 10.2. The highest BCUT2D eigenvalue weighted by Gasteiger charge is 2.32. The maximum absolute atomic E-state index is 13.2. The molecule has 0 radical (unpaired) electrons. The van der Waals surface area contributed by atoms with Crippen molar-refractivity contribution in [2.45, 2.75) is 39.5 Å². The Labute approximate surface area is 186 Å². The maximum atomic E-state index is 13.2. The standard InChI is InChI=1S/C22H26N4O2S2/c1-4-6-7-8-12-25-21(28)17(30-22(25)29)13-16-19(23-11-5-2)24-18-10-9-15(3)14-26(18)20(16)27/h5,9-10,13-14,23H,2,4,6-8,11-12H2,1,3H3/b17-13+. The van der Waals surface area contributed by atoms with Gasteiger partial charge in [-0.15, -0.1) is 6.58 Å². The van der Waals surface area contributed by atoms with E-state index < -0.39 is 0 Å². The number of thioether (sulfide) groups is 1. The predicted octanol–water partition coefficient (Wildman–Crippen LogP) is 4.38. The van der Waals surface area contributed by atoms with Gasteiger partial charge in [0.25, 0.3) is 11.5 Å². The first-order chi connectivity index (χ1) is 14.5. The molecule has 1 aliphatic rings. The Morgan fingerprint density at radius 3 is 2.80 bits per heavy atom. The molecule has 1 saturated heterocycles. The van der Waals surface area contributed by atoms with E-state index in [0.29, 0.717) is 39.3 Å². The highest BCUT2D eigenvalue weighted by atomic mass is 32.2. The number of thiocarbonyl (C=S) groups is 1. The van der Waals surface area contributed by atoms with Gasteiger partial charge in [-0.1, -0.05) is 62.3 Å². The molecule has 1 aliphatic heterocycles. The number of hydrogen-bond acceptors (Lipinski definition) is 6. The quantitative estimate of drug-likeness (QED) is 0.269. The van der Waals surface area contributed by atoms with Crippen LogP contribution in [-0.4, -0.2) is 37.6 Å². The van der Waals surface area contributed by atoms with E-state index in [-0.39, 0.29) is 11.5 Å². The first-order valence-corrected chi connectivity index (χ1v) is 11.3. The monoisotopic (exact) mass is 442 g/mol. The molecule has 6 nitrogen and oxygen atoms in total. The normalized spacial score (nSPS) is 15.4. The van der Waals surface area contributed by atoms with Crippen molar-refractivity contribution in [2.24, 2.45) is 0 Å². The maximum Gasteiger partial charge on any atom is 0.267 e. The van der Waals surface area contributed by atoms with Crippen molar-refractivity contribution in [2.75, 3.05) is 18.4 Å². The largest absolute Gasteiger partial charge is 0.366 e. The lowest BCUT2D eigenvalue weighted by Gasteiger charge is -2.14. The Bertz CT molecular complexity index is 1070. The van der Waals surface area contributed by atoms with Crippen LogP contribution in [0, 0.1) is 6.92 Å². The molecular formula is C22H26N4O2S2. The van der Waals surface area contributed by atoms with Crippen molar-refractivity contribution >= 4 is 51.7 Å². The number of rotatable bonds is 9. The minimum absolute atomic E-state index is 0.148. The summed E-state index contributed by atoms with van der Waals surface area (Å²) in [6.45, 7) is 8.84. The van der Waals surface area contributed by atoms with Gasteiger partial charge in [0, 0.05) is 19.3 Å². The van der Waals surface area contributed by atoms with Crippen LogP contribution in [-0.2, 0) is 4.79 Å². The molecule has 3 rings (SSSR count). The average molecular weight is 443 g/mol. The van der Waals surface area contributed by atoms with Crippen molar-refractivity contribution in [1.29, 1.82) is 0 Å². The molecule has 2 aromatic rings. The van der Waals surface area contributed by atoms with Gasteiger partial charge in [-0.2, -0.15) is 0 Å². The Morgan fingerprint density at radius 2 is 2.07 bits per heavy atom. The van der Waals surface area contributed by atoms with Gasteiger partial charge in [-0.25, -0.2) is 4.98 Å². The fraction of sp³-hybridized carbons (Fsp3) is 0.364. The molecule has 30 heavy (non-hydrogen) atoms. The van der Waals surface area contributed by atoms with Crippen molar-refractivity contribution in [3.05, 3.63) is 57.4 Å². The summed E-state index contributed by atoms with van der Waals surface area (Å²) < 4.78 is 2.04. The smallest absolute Gasteiger partial charge is 0.267 e. The second kappa shape index (κ2) is 10.0. The molecule has 0 unspecified atom stereocenters. The van der Waals surface area contributed by atoms with Gasteiger partial charge in [-0.05, 0) is 31.1 Å². The fourth-order valence-electron chi connectivity index (χ4n) is 3.21. The Hall–Kier alpha value is -2.45. The van der Waals surface area contributed by atoms with Gasteiger partial charge < -0.3 is 5.32 Å². The van der Waals surface area contributed by atoms with Crippen LogP contribution in [0.3, 0.4) is 0 Å². The first kappa shape index (κ1) is 22.2. The van der Waals surface area contributed by atoms with Gasteiger partial charge in [0.15, 0.2) is 0 Å². The second-order valence-electron chi connectivity index (χ2n) is 7.18. The summed E-state index contributed by atoms with van der Waals surface area (Å²) >= 11 is 6.65. The number of carbonyl (C=O) groups excluding carboxylic acids is 1. The molecular weight excluding hydrogens is 416 g/mol. The van der Waals surface area contributed by atoms with E-state index in [0.717, 1.165) is 31.2 Å². The van der Waals surface area contributed by atoms with Crippen molar-refractivity contribution in [1.82, 2.24) is 14.3 Å². The minimum Gasteiger partial charge on any atom is -0.366 e. The molecule has 0 bridgehead atoms. The lowest BCUT2D eigenvalue weighted by Crippen LogP contribution is -2.29.